The van der Waals surface area contributed by atoms with Crippen LogP contribution in [0.25, 0.3) is 17.0 Å². The number of benzene rings is 1. The van der Waals surface area contributed by atoms with Crippen LogP contribution in [-0.4, -0.2) is 4.01 Å². The molecule has 70 valence electrons. The van der Waals surface area contributed by atoms with Crippen LogP contribution in [0.3, 0.4) is 0 Å². The predicted octanol–water partition coefficient (Wildman–Crippen LogP) is 4.30. The van der Waals surface area contributed by atoms with Crippen LogP contribution in [-0.2, 0) is 0 Å². The van der Waals surface area contributed by atoms with Crippen LogP contribution in [0, 0.1) is 0 Å². The van der Waals surface area contributed by atoms with Crippen LogP contribution in [0.4, 0.5) is 0 Å². The first kappa shape index (κ1) is 8.85. The molecule has 0 N–H and O–H groups in total. The van der Waals surface area contributed by atoms with E-state index in [0.29, 0.717) is 0 Å². The molecule has 0 radical (unpaired) electrons. The number of hydrogen-bond donors (Lipinski definition) is 0. The summed E-state index contributed by atoms with van der Waals surface area (Å²) < 4.78 is 11.4. The van der Waals surface area contributed by atoms with Crippen LogP contribution in [0.2, 0.25) is 0 Å². The maximum Gasteiger partial charge on any atom is 0.136 e. The molecule has 0 saturated carbocycles. The van der Waals surface area contributed by atoms with Gasteiger partial charge in [-0.05, 0) is 26.3 Å². The molecule has 2 heterocycles. The minimum absolute atomic E-state index is 0.0778. The van der Waals surface area contributed by atoms with Gasteiger partial charge in [0.25, 0.3) is 0 Å². The van der Waals surface area contributed by atoms with Crippen molar-refractivity contribution in [2.24, 2.45) is 0 Å². The third-order valence-electron chi connectivity index (χ3n) is 2.19. The summed E-state index contributed by atoms with van der Waals surface area (Å²) in [4.78, 5) is 0. The molecule has 0 aliphatic carbocycles. The minimum atomic E-state index is 0.0778. The Morgan fingerprint density at radius 2 is 2.21 bits per heavy atom. The van der Waals surface area contributed by atoms with Gasteiger partial charge in [0.1, 0.15) is 11.3 Å². The van der Waals surface area contributed by atoms with Crippen molar-refractivity contribution < 1.29 is 4.42 Å². The van der Waals surface area contributed by atoms with Crippen molar-refractivity contribution in [2.45, 2.75) is 0 Å². The van der Waals surface area contributed by atoms with E-state index in [1.807, 2.05) is 12.1 Å². The molecule has 1 aromatic heterocycles. The molecule has 1 nitrogen and oxygen atoms in total. The highest BCUT2D eigenvalue weighted by Crippen LogP contribution is 2.34. The molecule has 0 amide bonds. The van der Waals surface area contributed by atoms with Crippen molar-refractivity contribution in [1.29, 1.82) is 0 Å². The Bertz CT molecular complexity index is 566. The van der Waals surface area contributed by atoms with Crippen molar-refractivity contribution >= 4 is 57.7 Å². The number of furan rings is 1. The third-order valence-corrected chi connectivity index (χ3v) is 4.61. The Hall–Kier alpha value is -0.420. The van der Waals surface area contributed by atoms with Crippen molar-refractivity contribution in [3.05, 3.63) is 38.1 Å². The lowest BCUT2D eigenvalue weighted by Crippen LogP contribution is -1.82. The average Bonchev–Trinajstić information content (AvgIpc) is 2.57. The second kappa shape index (κ2) is 3.31. The molecule has 3 rings (SSSR count). The zero-order valence-corrected chi connectivity index (χ0v) is 10.9. The maximum atomic E-state index is 5.74. The van der Waals surface area contributed by atoms with Crippen LogP contribution < -0.4 is 0 Å². The van der Waals surface area contributed by atoms with E-state index < -0.39 is 0 Å². The summed E-state index contributed by atoms with van der Waals surface area (Å²) in [5, 5.41) is 1.21. The molecule has 0 atom stereocenters. The Balaban J connectivity index is 2.51. The Morgan fingerprint density at radius 3 is 3.14 bits per heavy atom. The van der Waals surface area contributed by atoms with Crippen molar-refractivity contribution in [3.63, 3.8) is 0 Å². The zero-order chi connectivity index (χ0) is 9.54. The van der Waals surface area contributed by atoms with E-state index in [1.165, 1.54) is 10.9 Å². The van der Waals surface area contributed by atoms with E-state index in [1.54, 1.807) is 0 Å². The van der Waals surface area contributed by atoms with Gasteiger partial charge in [0, 0.05) is 15.4 Å². The SMILES string of the molecule is Brc1cccc2oc3c(c12)C=IC=C3. The summed E-state index contributed by atoms with van der Waals surface area (Å²) in [5.41, 5.74) is 2.24. The van der Waals surface area contributed by atoms with E-state index in [9.17, 15) is 0 Å². The normalized spacial score (nSPS) is 14.1. The molecular weight excluding hydrogens is 355 g/mol. The third kappa shape index (κ3) is 1.22. The van der Waals surface area contributed by atoms with Gasteiger partial charge in [0.15, 0.2) is 0 Å². The average molecular weight is 361 g/mol. The Kier molecular flexibility index (Phi) is 2.09. The van der Waals surface area contributed by atoms with E-state index in [-0.39, 0.29) is 20.7 Å². The topological polar surface area (TPSA) is 13.1 Å². The first-order valence-corrected chi connectivity index (χ1v) is 7.47. The van der Waals surface area contributed by atoms with Crippen molar-refractivity contribution in [2.75, 3.05) is 0 Å². The molecule has 0 fully saturated rings. The van der Waals surface area contributed by atoms with Crippen LogP contribution in [0.1, 0.15) is 11.3 Å². The zero-order valence-electron chi connectivity index (χ0n) is 7.13. The summed E-state index contributed by atoms with van der Waals surface area (Å²) >= 11 is 3.64. The molecule has 1 aliphatic rings. The van der Waals surface area contributed by atoms with E-state index in [2.05, 4.69) is 36.2 Å². The molecule has 1 aliphatic heterocycles. The fourth-order valence-electron chi connectivity index (χ4n) is 1.57. The largest absolute Gasteiger partial charge is 0.456 e. The second-order valence-corrected chi connectivity index (χ2v) is 5.94. The Morgan fingerprint density at radius 1 is 1.29 bits per heavy atom. The summed E-state index contributed by atoms with van der Waals surface area (Å²) in [6.07, 6.45) is 2.09. The van der Waals surface area contributed by atoms with Crippen molar-refractivity contribution in [1.82, 2.24) is 0 Å². The molecule has 2 aromatic rings. The van der Waals surface area contributed by atoms with Crippen LogP contribution in [0.5, 0.6) is 0 Å². The molecule has 0 spiro atoms. The van der Waals surface area contributed by atoms with Crippen LogP contribution >= 0.6 is 36.7 Å². The number of hydrogen-bond acceptors (Lipinski definition) is 1. The smallest absolute Gasteiger partial charge is 0.136 e. The van der Waals surface area contributed by atoms with Gasteiger partial charge >= 0.3 is 0 Å². The Labute approximate surface area is 99.7 Å². The van der Waals surface area contributed by atoms with E-state index in [0.717, 1.165) is 15.8 Å². The van der Waals surface area contributed by atoms with E-state index in [4.69, 9.17) is 4.42 Å². The number of halogens is 2. The predicted molar refractivity (Wildman–Crippen MR) is 72.1 cm³/mol. The molecule has 14 heavy (non-hydrogen) atoms. The summed E-state index contributed by atoms with van der Waals surface area (Å²) in [7, 11) is 0. The summed E-state index contributed by atoms with van der Waals surface area (Å²) in [6.45, 7) is 0. The number of fused-ring (bicyclic) bond motifs is 3. The molecule has 3 heteroatoms. The van der Waals surface area contributed by atoms with Gasteiger partial charge in [-0.15, -0.1) is 0 Å². The second-order valence-electron chi connectivity index (χ2n) is 3.02. The first-order chi connectivity index (χ1) is 6.86. The lowest BCUT2D eigenvalue weighted by molar-refractivity contribution is 0.604. The monoisotopic (exact) mass is 360 g/mol. The molecule has 0 saturated heterocycles. The van der Waals surface area contributed by atoms with Gasteiger partial charge < -0.3 is 4.42 Å². The van der Waals surface area contributed by atoms with Gasteiger partial charge in [-0.1, -0.05) is 42.7 Å². The van der Waals surface area contributed by atoms with E-state index >= 15 is 0 Å². The lowest BCUT2D eigenvalue weighted by atomic mass is 10.1. The highest BCUT2D eigenvalue weighted by molar-refractivity contribution is 14.2. The minimum Gasteiger partial charge on any atom is -0.456 e. The molecule has 0 unspecified atom stereocenters. The van der Waals surface area contributed by atoms with Crippen LogP contribution in [0.15, 0.2) is 31.2 Å². The molecule has 1 aromatic carbocycles. The summed E-state index contributed by atoms with van der Waals surface area (Å²) in [5.74, 6) is 0.998. The van der Waals surface area contributed by atoms with Gasteiger partial charge in [-0.3, -0.25) is 0 Å². The van der Waals surface area contributed by atoms with Gasteiger partial charge in [-0.2, -0.15) is 0 Å². The number of rotatable bonds is 0. The fraction of sp³-hybridized carbons (Fsp3) is 0. The molecule has 0 bridgehead atoms. The van der Waals surface area contributed by atoms with Gasteiger partial charge in [0.05, 0.1) is 0 Å². The van der Waals surface area contributed by atoms with Gasteiger partial charge in [-0.25, -0.2) is 0 Å². The molecular formula is C11H6BrIO. The maximum absolute atomic E-state index is 5.74. The highest BCUT2D eigenvalue weighted by atomic mass is 127. The first-order valence-electron chi connectivity index (χ1n) is 4.19. The quantitative estimate of drug-likeness (QED) is 0.638. The standard InChI is InChI=1S/C11H6BrIO/c12-8-2-1-3-10-11(8)7-6-13-5-4-9(7)14-10/h1-6H. The van der Waals surface area contributed by atoms with Crippen molar-refractivity contribution in [3.8, 4) is 0 Å². The lowest BCUT2D eigenvalue weighted by Gasteiger charge is -1.96. The fourth-order valence-corrected chi connectivity index (χ4v) is 3.85. The van der Waals surface area contributed by atoms with Gasteiger partial charge in [0.2, 0.25) is 0 Å². The summed E-state index contributed by atoms with van der Waals surface area (Å²) in [6, 6.07) is 6.07. The highest BCUT2D eigenvalue weighted by Gasteiger charge is 2.13.